The Hall–Kier alpha value is -3.57. The highest BCUT2D eigenvalue weighted by molar-refractivity contribution is 6.40. The van der Waals surface area contributed by atoms with Gasteiger partial charge in [0.25, 0.3) is 5.91 Å². The van der Waals surface area contributed by atoms with E-state index in [1.165, 1.54) is 4.90 Å². The van der Waals surface area contributed by atoms with Crippen LogP contribution >= 0.6 is 23.2 Å². The minimum absolute atomic E-state index is 0.0332. The van der Waals surface area contributed by atoms with Crippen molar-refractivity contribution >= 4 is 46.5 Å². The lowest BCUT2D eigenvalue weighted by atomic mass is 9.96. The SMILES string of the molecule is C[C@@H]1CN(c2cc(Cl)c(C(=O)N3COc4c(cccc4-c4cc(N5C6CCC5COC6)c(C(=O)O)cc4F)C3)c(Cl)c2)CCO1. The van der Waals surface area contributed by atoms with E-state index in [2.05, 4.69) is 9.80 Å². The average molecular weight is 657 g/mol. The Bertz CT molecular complexity index is 1650. The smallest absolute Gasteiger partial charge is 0.337 e. The summed E-state index contributed by atoms with van der Waals surface area (Å²) in [6.45, 7) is 5.05. The van der Waals surface area contributed by atoms with Crippen molar-refractivity contribution in [2.45, 2.75) is 44.5 Å². The Balaban J connectivity index is 1.18. The molecule has 2 bridgehead atoms. The van der Waals surface area contributed by atoms with Crippen LogP contribution in [0.25, 0.3) is 11.1 Å². The van der Waals surface area contributed by atoms with Crippen LogP contribution in [0.3, 0.4) is 0 Å². The van der Waals surface area contributed by atoms with E-state index in [1.807, 2.05) is 13.0 Å². The Morgan fingerprint density at radius 2 is 1.76 bits per heavy atom. The van der Waals surface area contributed by atoms with Crippen molar-refractivity contribution in [1.29, 1.82) is 0 Å². The van der Waals surface area contributed by atoms with Gasteiger partial charge in [-0.25, -0.2) is 9.18 Å². The van der Waals surface area contributed by atoms with Crippen LogP contribution in [0.4, 0.5) is 15.8 Å². The molecule has 45 heavy (non-hydrogen) atoms. The number of para-hydroxylation sites is 1. The van der Waals surface area contributed by atoms with Crippen LogP contribution in [0.5, 0.6) is 5.75 Å². The summed E-state index contributed by atoms with van der Waals surface area (Å²) in [4.78, 5) is 31.6. The van der Waals surface area contributed by atoms with Gasteiger partial charge in [0.1, 0.15) is 11.6 Å². The molecule has 4 aliphatic heterocycles. The molecule has 3 aromatic carbocycles. The van der Waals surface area contributed by atoms with Crippen LogP contribution in [-0.4, -0.2) is 79.7 Å². The van der Waals surface area contributed by atoms with Crippen molar-refractivity contribution in [3.8, 4) is 16.9 Å². The fourth-order valence-electron chi connectivity index (χ4n) is 6.95. The first-order valence-electron chi connectivity index (χ1n) is 15.0. The predicted octanol–water partition coefficient (Wildman–Crippen LogP) is 6.08. The van der Waals surface area contributed by atoms with E-state index >= 15 is 4.39 Å². The van der Waals surface area contributed by atoms with Crippen molar-refractivity contribution < 1.29 is 33.3 Å². The number of morpholine rings is 2. The van der Waals surface area contributed by atoms with E-state index in [-0.39, 0.29) is 64.1 Å². The maximum absolute atomic E-state index is 15.7. The Morgan fingerprint density at radius 3 is 2.44 bits per heavy atom. The number of hydrogen-bond acceptors (Lipinski definition) is 7. The Labute approximate surface area is 270 Å². The maximum Gasteiger partial charge on any atom is 0.337 e. The zero-order chi connectivity index (χ0) is 31.4. The second kappa shape index (κ2) is 12.0. The third kappa shape index (κ3) is 5.48. The molecule has 4 heterocycles. The summed E-state index contributed by atoms with van der Waals surface area (Å²) in [5.74, 6) is -1.80. The van der Waals surface area contributed by atoms with Gasteiger partial charge in [-0.05, 0) is 44.0 Å². The van der Waals surface area contributed by atoms with E-state index < -0.39 is 11.8 Å². The number of aromatic carboxylic acids is 1. The number of anilines is 2. The van der Waals surface area contributed by atoms with Crippen LogP contribution in [0.15, 0.2) is 42.5 Å². The van der Waals surface area contributed by atoms with Gasteiger partial charge in [-0.3, -0.25) is 4.79 Å². The summed E-state index contributed by atoms with van der Waals surface area (Å²) in [5.41, 5.74) is 2.79. The molecule has 0 aromatic heterocycles. The number of carbonyl (C=O) groups is 2. The van der Waals surface area contributed by atoms with E-state index in [0.717, 1.165) is 24.6 Å². The van der Waals surface area contributed by atoms with Gasteiger partial charge in [-0.2, -0.15) is 0 Å². The number of ether oxygens (including phenoxy) is 3. The van der Waals surface area contributed by atoms with E-state index in [4.69, 9.17) is 37.4 Å². The number of halogens is 3. The van der Waals surface area contributed by atoms with Crippen molar-refractivity contribution in [2.24, 2.45) is 0 Å². The second-order valence-corrected chi connectivity index (χ2v) is 12.8. The molecule has 9 nitrogen and oxygen atoms in total. The van der Waals surface area contributed by atoms with Crippen molar-refractivity contribution in [1.82, 2.24) is 4.90 Å². The fourth-order valence-corrected chi connectivity index (χ4v) is 7.59. The lowest BCUT2D eigenvalue weighted by Crippen LogP contribution is -2.46. The lowest BCUT2D eigenvalue weighted by Gasteiger charge is -2.37. The summed E-state index contributed by atoms with van der Waals surface area (Å²) >= 11 is 13.3. The first-order chi connectivity index (χ1) is 21.7. The molecule has 3 saturated heterocycles. The molecule has 0 aliphatic carbocycles. The van der Waals surface area contributed by atoms with Gasteiger partial charge in [0.15, 0.2) is 6.73 Å². The summed E-state index contributed by atoms with van der Waals surface area (Å²) in [6, 6.07) is 11.6. The standard InChI is InChI=1S/C33H32Cl2FN3O6/c1-18-13-37(7-8-44-18)22-9-26(34)30(27(35)10-22)32(40)38-14-19-3-2-4-23(31(19)45-17-38)24-12-29(25(33(41)42)11-28(24)36)39-20-5-6-21(39)16-43-15-20/h2-4,9-12,18,20-21H,5-8,13-17H2,1H3,(H,41,42)/t18-,20?,21?/m1/s1. The third-order valence-corrected chi connectivity index (χ3v) is 9.68. The Kier molecular flexibility index (Phi) is 8.02. The van der Waals surface area contributed by atoms with E-state index in [1.54, 1.807) is 30.3 Å². The molecule has 0 spiro atoms. The van der Waals surface area contributed by atoms with Crippen LogP contribution in [0.2, 0.25) is 10.0 Å². The predicted molar refractivity (Wildman–Crippen MR) is 168 cm³/mol. The monoisotopic (exact) mass is 655 g/mol. The molecule has 3 aromatic rings. The maximum atomic E-state index is 15.7. The van der Waals surface area contributed by atoms with Gasteiger partial charge in [0, 0.05) is 35.5 Å². The van der Waals surface area contributed by atoms with Crippen molar-refractivity contribution in [3.63, 3.8) is 0 Å². The molecular formula is C33H32Cl2FN3O6. The summed E-state index contributed by atoms with van der Waals surface area (Å²) in [7, 11) is 0. The topological polar surface area (TPSA) is 91.8 Å². The van der Waals surface area contributed by atoms with E-state index in [9.17, 15) is 14.7 Å². The number of rotatable bonds is 5. The molecule has 0 radical (unpaired) electrons. The normalized spacial score (nSPS) is 22.7. The molecule has 4 aliphatic rings. The van der Waals surface area contributed by atoms with Gasteiger partial charge in [-0.1, -0.05) is 41.4 Å². The number of amides is 1. The highest BCUT2D eigenvalue weighted by atomic mass is 35.5. The first kappa shape index (κ1) is 30.1. The van der Waals surface area contributed by atoms with Gasteiger partial charge in [0.05, 0.1) is 71.4 Å². The highest BCUT2D eigenvalue weighted by Gasteiger charge is 2.40. The summed E-state index contributed by atoms with van der Waals surface area (Å²) in [6.07, 6.45) is 1.83. The lowest BCUT2D eigenvalue weighted by molar-refractivity contribution is 0.0513. The molecule has 2 unspecified atom stereocenters. The third-order valence-electron chi connectivity index (χ3n) is 9.08. The molecule has 1 N–H and O–H groups in total. The minimum atomic E-state index is -1.19. The van der Waals surface area contributed by atoms with E-state index in [0.29, 0.717) is 55.5 Å². The average Bonchev–Trinajstić information content (AvgIpc) is 3.26. The van der Waals surface area contributed by atoms with Gasteiger partial charge in [0.2, 0.25) is 0 Å². The summed E-state index contributed by atoms with van der Waals surface area (Å²) in [5, 5.41) is 10.4. The largest absolute Gasteiger partial charge is 0.478 e. The number of fused-ring (bicyclic) bond motifs is 3. The zero-order valence-electron chi connectivity index (χ0n) is 24.6. The number of carboxylic acid groups (broad SMARTS) is 1. The van der Waals surface area contributed by atoms with Gasteiger partial charge in [-0.15, -0.1) is 0 Å². The molecule has 12 heteroatoms. The molecule has 1 amide bonds. The molecule has 3 fully saturated rings. The highest BCUT2D eigenvalue weighted by Crippen LogP contribution is 2.43. The second-order valence-electron chi connectivity index (χ2n) is 12.0. The first-order valence-corrected chi connectivity index (χ1v) is 15.8. The molecular weight excluding hydrogens is 624 g/mol. The number of carboxylic acids is 1. The molecule has 7 rings (SSSR count). The number of nitrogens with zero attached hydrogens (tertiary/aromatic N) is 3. The minimum Gasteiger partial charge on any atom is -0.478 e. The van der Waals surface area contributed by atoms with Crippen molar-refractivity contribution in [3.05, 3.63) is 75.0 Å². The number of carbonyl (C=O) groups excluding carboxylic acids is 1. The number of benzene rings is 3. The molecule has 236 valence electrons. The van der Waals surface area contributed by atoms with Crippen LogP contribution in [0.1, 0.15) is 46.0 Å². The van der Waals surface area contributed by atoms with Crippen LogP contribution < -0.4 is 14.5 Å². The van der Waals surface area contributed by atoms with Crippen LogP contribution in [0, 0.1) is 5.82 Å². The Morgan fingerprint density at radius 1 is 1.02 bits per heavy atom. The molecule has 3 atom stereocenters. The summed E-state index contributed by atoms with van der Waals surface area (Å²) < 4.78 is 33.1. The number of hydrogen-bond donors (Lipinski definition) is 1. The fraction of sp³-hybridized carbons (Fsp3) is 0.394. The van der Waals surface area contributed by atoms with Gasteiger partial charge >= 0.3 is 5.97 Å². The van der Waals surface area contributed by atoms with Gasteiger partial charge < -0.3 is 34.0 Å². The van der Waals surface area contributed by atoms with Crippen molar-refractivity contribution in [2.75, 3.05) is 49.4 Å². The quantitative estimate of drug-likeness (QED) is 0.354. The zero-order valence-corrected chi connectivity index (χ0v) is 26.1. The van der Waals surface area contributed by atoms with Crippen LogP contribution in [-0.2, 0) is 16.0 Å². The molecule has 0 saturated carbocycles.